The monoisotopic (exact) mass is 238 g/mol. The van der Waals surface area contributed by atoms with Crippen molar-refractivity contribution in [2.24, 2.45) is 13.0 Å². The summed E-state index contributed by atoms with van der Waals surface area (Å²) >= 11 is 0. The van der Waals surface area contributed by atoms with E-state index in [1.165, 1.54) is 0 Å². The van der Waals surface area contributed by atoms with Gasteiger partial charge in [0.05, 0.1) is 12.2 Å². The van der Waals surface area contributed by atoms with E-state index in [0.29, 0.717) is 18.4 Å². The molecule has 1 saturated carbocycles. The molecule has 1 unspecified atom stereocenters. The second kappa shape index (κ2) is 5.65. The van der Waals surface area contributed by atoms with Gasteiger partial charge in [0.25, 0.3) is 0 Å². The topological polar surface area (TPSA) is 47.3 Å². The SMILES string of the molecule is CCOC1CC(CC(O)Cc2nccn2C)C1. The zero-order valence-electron chi connectivity index (χ0n) is 10.7. The Bertz CT molecular complexity index is 345. The Hall–Kier alpha value is -0.870. The molecule has 0 bridgehead atoms. The average Bonchev–Trinajstić information content (AvgIpc) is 2.61. The molecule has 1 N–H and O–H groups in total. The van der Waals surface area contributed by atoms with E-state index in [-0.39, 0.29) is 6.10 Å². The number of imidazole rings is 1. The minimum Gasteiger partial charge on any atom is -0.393 e. The third kappa shape index (κ3) is 3.30. The molecule has 1 fully saturated rings. The lowest BCUT2D eigenvalue weighted by Crippen LogP contribution is -2.34. The first-order valence-corrected chi connectivity index (χ1v) is 6.45. The molecule has 1 heterocycles. The Balaban J connectivity index is 1.69. The van der Waals surface area contributed by atoms with Crippen molar-refractivity contribution in [1.29, 1.82) is 0 Å². The third-order valence-electron chi connectivity index (χ3n) is 3.54. The van der Waals surface area contributed by atoms with Crippen LogP contribution in [-0.2, 0) is 18.2 Å². The Morgan fingerprint density at radius 2 is 2.35 bits per heavy atom. The van der Waals surface area contributed by atoms with Crippen LogP contribution in [0.1, 0.15) is 32.0 Å². The average molecular weight is 238 g/mol. The van der Waals surface area contributed by atoms with Gasteiger partial charge in [-0.1, -0.05) is 0 Å². The summed E-state index contributed by atoms with van der Waals surface area (Å²) in [6.45, 7) is 2.83. The van der Waals surface area contributed by atoms with Gasteiger partial charge in [-0.05, 0) is 32.1 Å². The van der Waals surface area contributed by atoms with Crippen molar-refractivity contribution in [3.05, 3.63) is 18.2 Å². The van der Waals surface area contributed by atoms with Gasteiger partial charge in [0.2, 0.25) is 0 Å². The fraction of sp³-hybridized carbons (Fsp3) is 0.769. The molecule has 0 aromatic carbocycles. The lowest BCUT2D eigenvalue weighted by atomic mass is 9.78. The van der Waals surface area contributed by atoms with Gasteiger partial charge in [0.15, 0.2) is 0 Å². The van der Waals surface area contributed by atoms with E-state index in [2.05, 4.69) is 4.98 Å². The molecule has 0 amide bonds. The minimum absolute atomic E-state index is 0.274. The third-order valence-corrected chi connectivity index (χ3v) is 3.54. The van der Waals surface area contributed by atoms with Crippen molar-refractivity contribution in [2.75, 3.05) is 6.61 Å². The van der Waals surface area contributed by atoms with Gasteiger partial charge < -0.3 is 14.4 Å². The van der Waals surface area contributed by atoms with Gasteiger partial charge in [-0.25, -0.2) is 4.98 Å². The predicted octanol–water partition coefficient (Wildman–Crippen LogP) is 1.53. The molecule has 1 aromatic heterocycles. The molecule has 0 saturated heterocycles. The first-order chi connectivity index (χ1) is 8.19. The zero-order valence-corrected chi connectivity index (χ0v) is 10.7. The summed E-state index contributed by atoms with van der Waals surface area (Å²) in [6, 6.07) is 0. The standard InChI is InChI=1S/C13H22N2O2/c1-3-17-12-7-10(8-12)6-11(16)9-13-14-4-5-15(13)2/h4-5,10-12,16H,3,6-9H2,1-2H3. The number of aryl methyl sites for hydroxylation is 1. The second-order valence-corrected chi connectivity index (χ2v) is 4.96. The fourth-order valence-corrected chi connectivity index (χ4v) is 2.51. The Labute approximate surface area is 103 Å². The molecule has 17 heavy (non-hydrogen) atoms. The molecule has 0 radical (unpaired) electrons. The molecule has 1 aliphatic rings. The summed E-state index contributed by atoms with van der Waals surface area (Å²) in [5.41, 5.74) is 0. The van der Waals surface area contributed by atoms with Crippen molar-refractivity contribution < 1.29 is 9.84 Å². The molecule has 0 aliphatic heterocycles. The van der Waals surface area contributed by atoms with Gasteiger partial charge >= 0.3 is 0 Å². The molecule has 2 rings (SSSR count). The lowest BCUT2D eigenvalue weighted by Gasteiger charge is -2.36. The van der Waals surface area contributed by atoms with Gasteiger partial charge in [-0.2, -0.15) is 0 Å². The number of rotatable bonds is 6. The smallest absolute Gasteiger partial charge is 0.110 e. The number of aliphatic hydroxyl groups is 1. The van der Waals surface area contributed by atoms with E-state index in [9.17, 15) is 5.11 Å². The van der Waals surface area contributed by atoms with Crippen molar-refractivity contribution in [3.63, 3.8) is 0 Å². The highest BCUT2D eigenvalue weighted by atomic mass is 16.5. The number of ether oxygens (including phenoxy) is 1. The molecule has 1 aliphatic carbocycles. The summed E-state index contributed by atoms with van der Waals surface area (Å²) in [5.74, 6) is 1.58. The van der Waals surface area contributed by atoms with E-state index in [1.807, 2.05) is 24.7 Å². The number of aliphatic hydroxyl groups excluding tert-OH is 1. The normalized spacial score (nSPS) is 25.6. The number of hydrogen-bond donors (Lipinski definition) is 1. The van der Waals surface area contributed by atoms with Gasteiger partial charge in [0, 0.05) is 32.5 Å². The van der Waals surface area contributed by atoms with Crippen molar-refractivity contribution in [3.8, 4) is 0 Å². The summed E-state index contributed by atoms with van der Waals surface area (Å²) in [6.07, 6.45) is 7.58. The van der Waals surface area contributed by atoms with Crippen LogP contribution >= 0.6 is 0 Å². The van der Waals surface area contributed by atoms with Crippen LogP contribution in [0.4, 0.5) is 0 Å². The highest BCUT2D eigenvalue weighted by Gasteiger charge is 2.31. The van der Waals surface area contributed by atoms with Gasteiger partial charge in [-0.3, -0.25) is 0 Å². The summed E-state index contributed by atoms with van der Waals surface area (Å²) < 4.78 is 7.48. The zero-order chi connectivity index (χ0) is 12.3. The Morgan fingerprint density at radius 1 is 1.59 bits per heavy atom. The van der Waals surface area contributed by atoms with E-state index < -0.39 is 0 Å². The molecular weight excluding hydrogens is 216 g/mol. The highest BCUT2D eigenvalue weighted by molar-refractivity contribution is 4.94. The Morgan fingerprint density at radius 3 is 2.94 bits per heavy atom. The van der Waals surface area contributed by atoms with Gasteiger partial charge in [-0.15, -0.1) is 0 Å². The van der Waals surface area contributed by atoms with Crippen LogP contribution in [-0.4, -0.2) is 33.5 Å². The number of aromatic nitrogens is 2. The fourth-order valence-electron chi connectivity index (χ4n) is 2.51. The summed E-state index contributed by atoms with van der Waals surface area (Å²) in [7, 11) is 1.96. The maximum atomic E-state index is 10.0. The molecule has 4 nitrogen and oxygen atoms in total. The minimum atomic E-state index is -0.274. The van der Waals surface area contributed by atoms with E-state index in [1.54, 1.807) is 6.20 Å². The molecule has 1 atom stereocenters. The molecule has 1 aromatic rings. The first-order valence-electron chi connectivity index (χ1n) is 6.45. The maximum Gasteiger partial charge on any atom is 0.110 e. The van der Waals surface area contributed by atoms with E-state index >= 15 is 0 Å². The molecule has 0 spiro atoms. The summed E-state index contributed by atoms with van der Waals surface area (Å²) in [4.78, 5) is 4.23. The van der Waals surface area contributed by atoms with E-state index in [4.69, 9.17) is 4.74 Å². The largest absolute Gasteiger partial charge is 0.393 e. The molecular formula is C13H22N2O2. The molecule has 96 valence electrons. The van der Waals surface area contributed by atoms with Crippen LogP contribution in [0.15, 0.2) is 12.4 Å². The predicted molar refractivity (Wildman–Crippen MR) is 65.7 cm³/mol. The van der Waals surface area contributed by atoms with Crippen LogP contribution in [0, 0.1) is 5.92 Å². The first kappa shape index (κ1) is 12.6. The Kier molecular flexibility index (Phi) is 4.18. The van der Waals surface area contributed by atoms with Crippen molar-refractivity contribution >= 4 is 0 Å². The number of hydrogen-bond acceptors (Lipinski definition) is 3. The highest BCUT2D eigenvalue weighted by Crippen LogP contribution is 2.33. The lowest BCUT2D eigenvalue weighted by molar-refractivity contribution is -0.0377. The van der Waals surface area contributed by atoms with Crippen LogP contribution in [0.25, 0.3) is 0 Å². The van der Waals surface area contributed by atoms with E-state index in [0.717, 1.165) is 31.7 Å². The number of nitrogens with zero attached hydrogens (tertiary/aromatic N) is 2. The van der Waals surface area contributed by atoms with Crippen LogP contribution < -0.4 is 0 Å². The van der Waals surface area contributed by atoms with Crippen LogP contribution in [0.2, 0.25) is 0 Å². The van der Waals surface area contributed by atoms with Crippen LogP contribution in [0.5, 0.6) is 0 Å². The van der Waals surface area contributed by atoms with Crippen molar-refractivity contribution in [1.82, 2.24) is 9.55 Å². The maximum absolute atomic E-state index is 10.0. The van der Waals surface area contributed by atoms with Gasteiger partial charge in [0.1, 0.15) is 5.82 Å². The quantitative estimate of drug-likeness (QED) is 0.817. The summed E-state index contributed by atoms with van der Waals surface area (Å²) in [5, 5.41) is 10.0. The second-order valence-electron chi connectivity index (χ2n) is 4.96. The van der Waals surface area contributed by atoms with Crippen molar-refractivity contribution in [2.45, 2.75) is 44.8 Å². The van der Waals surface area contributed by atoms with Crippen LogP contribution in [0.3, 0.4) is 0 Å². The molecule has 4 heteroatoms.